The Balaban J connectivity index is 1.95. The van der Waals surface area contributed by atoms with Crippen molar-refractivity contribution in [3.8, 4) is 5.75 Å². The van der Waals surface area contributed by atoms with E-state index in [1.165, 1.54) is 4.90 Å². The minimum absolute atomic E-state index is 0.0255. The molecule has 0 fully saturated rings. The molecule has 4 aromatic rings. The summed E-state index contributed by atoms with van der Waals surface area (Å²) in [5.41, 5.74) is 2.02. The Morgan fingerprint density at radius 3 is 2.50 bits per heavy atom. The molecular weight excluding hydrogens is 374 g/mol. The summed E-state index contributed by atoms with van der Waals surface area (Å²) in [4.78, 5) is 23.3. The van der Waals surface area contributed by atoms with E-state index in [-0.39, 0.29) is 11.7 Å². The number of aromatic hydroxyl groups is 1. The van der Waals surface area contributed by atoms with Crippen LogP contribution in [0.1, 0.15) is 17.0 Å². The van der Waals surface area contributed by atoms with E-state index in [9.17, 15) is 9.90 Å². The van der Waals surface area contributed by atoms with Crippen LogP contribution in [0.15, 0.2) is 66.7 Å². The number of nitrogens with zero attached hydrogens (tertiary/aromatic N) is 2. The van der Waals surface area contributed by atoms with Gasteiger partial charge in [0, 0.05) is 18.2 Å². The minimum atomic E-state index is -1.32. The van der Waals surface area contributed by atoms with Crippen LogP contribution >= 0.6 is 11.6 Å². The molecule has 1 aliphatic heterocycles. The van der Waals surface area contributed by atoms with Gasteiger partial charge in [-0.05, 0) is 24.3 Å². The lowest BCUT2D eigenvalue weighted by molar-refractivity contribution is -0.120. The van der Waals surface area contributed by atoms with Gasteiger partial charge < -0.3 is 15.0 Å². The highest BCUT2D eigenvalue weighted by atomic mass is 35.5. The standard InChI is InChI=1S/C22H16ClN3O2/c1-26-19-14(8-6-9-15(19)23)22(21(26)28,13-7-2-5-12-18(13)27)20-24-16-10-3-4-11-17(16)25-20/h2-12,27H,1H3,(H,24,25). The number of amides is 1. The number of imidazole rings is 1. The van der Waals surface area contributed by atoms with Crippen LogP contribution < -0.4 is 4.90 Å². The van der Waals surface area contributed by atoms with E-state index in [0.29, 0.717) is 27.7 Å². The predicted molar refractivity (Wildman–Crippen MR) is 109 cm³/mol. The third-order valence-electron chi connectivity index (χ3n) is 5.40. The zero-order chi connectivity index (χ0) is 19.5. The molecule has 0 radical (unpaired) electrons. The van der Waals surface area contributed by atoms with Crippen molar-refractivity contribution >= 4 is 34.2 Å². The lowest BCUT2D eigenvalue weighted by Crippen LogP contribution is -2.41. The number of para-hydroxylation sites is 4. The topological polar surface area (TPSA) is 69.2 Å². The molecule has 6 heteroatoms. The zero-order valence-electron chi connectivity index (χ0n) is 15.0. The third kappa shape index (κ3) is 2.02. The van der Waals surface area contributed by atoms with E-state index >= 15 is 0 Å². The van der Waals surface area contributed by atoms with Gasteiger partial charge in [-0.3, -0.25) is 4.79 Å². The van der Waals surface area contributed by atoms with E-state index in [2.05, 4.69) is 4.98 Å². The fourth-order valence-electron chi connectivity index (χ4n) is 4.16. The largest absolute Gasteiger partial charge is 0.508 e. The maximum atomic E-state index is 13.8. The molecule has 2 N–H and O–H groups in total. The van der Waals surface area contributed by atoms with E-state index in [1.807, 2.05) is 36.4 Å². The molecule has 0 saturated carbocycles. The smallest absolute Gasteiger partial charge is 0.249 e. The SMILES string of the molecule is CN1C(=O)C(c2nc3ccccc3[nH]2)(c2ccccc2O)c2cccc(Cl)c21. The van der Waals surface area contributed by atoms with Crippen molar-refractivity contribution in [3.05, 3.63) is 88.7 Å². The van der Waals surface area contributed by atoms with Crippen LogP contribution in [0.3, 0.4) is 0 Å². The summed E-state index contributed by atoms with van der Waals surface area (Å²) in [6.45, 7) is 0. The first kappa shape index (κ1) is 16.8. The van der Waals surface area contributed by atoms with Crippen LogP contribution in [-0.4, -0.2) is 28.0 Å². The van der Waals surface area contributed by atoms with E-state index in [0.717, 1.165) is 11.0 Å². The van der Waals surface area contributed by atoms with Crippen LogP contribution in [-0.2, 0) is 10.2 Å². The Morgan fingerprint density at radius 1 is 1.00 bits per heavy atom. The molecule has 1 amide bonds. The monoisotopic (exact) mass is 389 g/mol. The number of anilines is 1. The molecule has 1 atom stereocenters. The lowest BCUT2D eigenvalue weighted by Gasteiger charge is -2.27. The van der Waals surface area contributed by atoms with Crippen LogP contribution in [0.2, 0.25) is 5.02 Å². The second-order valence-electron chi connectivity index (χ2n) is 6.87. The molecule has 5 rings (SSSR count). The maximum Gasteiger partial charge on any atom is 0.249 e. The van der Waals surface area contributed by atoms with Gasteiger partial charge in [-0.1, -0.05) is 54.1 Å². The summed E-state index contributed by atoms with van der Waals surface area (Å²) in [6.07, 6.45) is 0. The summed E-state index contributed by atoms with van der Waals surface area (Å²) in [7, 11) is 1.69. The number of likely N-dealkylation sites (N-methyl/N-ethyl adjacent to an activating group) is 1. The van der Waals surface area contributed by atoms with Crippen LogP contribution in [0.25, 0.3) is 11.0 Å². The predicted octanol–water partition coefficient (Wildman–Crippen LogP) is 4.23. The molecule has 2 heterocycles. The number of nitrogens with one attached hydrogen (secondary N) is 1. The van der Waals surface area contributed by atoms with Crippen molar-refractivity contribution in [1.82, 2.24) is 9.97 Å². The summed E-state index contributed by atoms with van der Waals surface area (Å²) < 4.78 is 0. The van der Waals surface area contributed by atoms with Gasteiger partial charge in [0.1, 0.15) is 11.6 Å². The molecule has 0 bridgehead atoms. The zero-order valence-corrected chi connectivity index (χ0v) is 15.7. The molecule has 1 aromatic heterocycles. The number of phenols is 1. The minimum Gasteiger partial charge on any atom is -0.508 e. The van der Waals surface area contributed by atoms with Crippen molar-refractivity contribution in [2.75, 3.05) is 11.9 Å². The molecule has 0 aliphatic carbocycles. The number of carbonyl (C=O) groups excluding carboxylic acids is 1. The van der Waals surface area contributed by atoms with Crippen molar-refractivity contribution < 1.29 is 9.90 Å². The van der Waals surface area contributed by atoms with Crippen molar-refractivity contribution in [2.24, 2.45) is 0 Å². The normalized spacial score (nSPS) is 18.6. The van der Waals surface area contributed by atoms with Gasteiger partial charge in [-0.15, -0.1) is 0 Å². The summed E-state index contributed by atoms with van der Waals surface area (Å²) in [6, 6.07) is 19.9. The molecule has 0 spiro atoms. The molecule has 1 aliphatic rings. The van der Waals surface area contributed by atoms with Crippen molar-refractivity contribution in [2.45, 2.75) is 5.41 Å². The number of carbonyl (C=O) groups is 1. The summed E-state index contributed by atoms with van der Waals surface area (Å²) in [5.74, 6) is 0.252. The molecule has 5 nitrogen and oxygen atoms in total. The van der Waals surface area contributed by atoms with Gasteiger partial charge in [0.2, 0.25) is 5.91 Å². The molecule has 28 heavy (non-hydrogen) atoms. The van der Waals surface area contributed by atoms with Gasteiger partial charge in [0.05, 0.1) is 21.7 Å². The maximum absolute atomic E-state index is 13.8. The number of hydrogen-bond acceptors (Lipinski definition) is 3. The van der Waals surface area contributed by atoms with Gasteiger partial charge >= 0.3 is 0 Å². The second kappa shape index (κ2) is 5.84. The van der Waals surface area contributed by atoms with Crippen LogP contribution in [0.5, 0.6) is 5.75 Å². The average molecular weight is 390 g/mol. The van der Waals surface area contributed by atoms with E-state index in [1.54, 1.807) is 37.4 Å². The Hall–Kier alpha value is -3.31. The number of aromatic amines is 1. The third-order valence-corrected chi connectivity index (χ3v) is 5.71. The Bertz CT molecular complexity index is 1220. The molecule has 1 unspecified atom stereocenters. The van der Waals surface area contributed by atoms with Gasteiger partial charge in [0.25, 0.3) is 0 Å². The quantitative estimate of drug-likeness (QED) is 0.539. The first-order chi connectivity index (χ1) is 13.5. The van der Waals surface area contributed by atoms with Gasteiger partial charge in [-0.2, -0.15) is 0 Å². The highest BCUT2D eigenvalue weighted by Gasteiger charge is 2.56. The first-order valence-corrected chi connectivity index (χ1v) is 9.24. The number of benzene rings is 3. The summed E-state index contributed by atoms with van der Waals surface area (Å²) >= 11 is 6.46. The molecule has 0 saturated heterocycles. The van der Waals surface area contributed by atoms with Gasteiger partial charge in [-0.25, -0.2) is 4.98 Å². The molecular formula is C22H16ClN3O2. The van der Waals surface area contributed by atoms with Crippen LogP contribution in [0.4, 0.5) is 5.69 Å². The molecule has 3 aromatic carbocycles. The molecule has 138 valence electrons. The second-order valence-corrected chi connectivity index (χ2v) is 7.28. The Morgan fingerprint density at radius 2 is 1.71 bits per heavy atom. The van der Waals surface area contributed by atoms with Crippen molar-refractivity contribution in [1.29, 1.82) is 0 Å². The van der Waals surface area contributed by atoms with Gasteiger partial charge in [0.15, 0.2) is 5.41 Å². The Labute approximate surface area is 166 Å². The van der Waals surface area contributed by atoms with Crippen LogP contribution in [0, 0.1) is 0 Å². The number of H-pyrrole nitrogens is 1. The number of rotatable bonds is 2. The lowest BCUT2D eigenvalue weighted by atomic mass is 9.74. The number of hydrogen-bond donors (Lipinski definition) is 2. The summed E-state index contributed by atoms with van der Waals surface area (Å²) in [5, 5.41) is 11.2. The average Bonchev–Trinajstić information content (AvgIpc) is 3.22. The number of aromatic nitrogens is 2. The fourth-order valence-corrected chi connectivity index (χ4v) is 4.47. The fraction of sp³-hybridized carbons (Fsp3) is 0.0909. The highest BCUT2D eigenvalue weighted by molar-refractivity contribution is 6.35. The van der Waals surface area contributed by atoms with E-state index in [4.69, 9.17) is 16.6 Å². The van der Waals surface area contributed by atoms with Crippen molar-refractivity contribution in [3.63, 3.8) is 0 Å². The highest BCUT2D eigenvalue weighted by Crippen LogP contribution is 2.53. The first-order valence-electron chi connectivity index (χ1n) is 8.86. The number of phenolic OH excluding ortho intramolecular Hbond substituents is 1. The Kier molecular flexibility index (Phi) is 3.51. The van der Waals surface area contributed by atoms with E-state index < -0.39 is 5.41 Å². The number of halogens is 1. The number of fused-ring (bicyclic) bond motifs is 2.